The second-order valence-electron chi connectivity index (χ2n) is 8.60. The van der Waals surface area contributed by atoms with Gasteiger partial charge in [0, 0.05) is 20.5 Å². The van der Waals surface area contributed by atoms with Gasteiger partial charge in [-0.15, -0.1) is 0 Å². The van der Waals surface area contributed by atoms with Crippen molar-refractivity contribution in [2.24, 2.45) is 0 Å². The Morgan fingerprint density at radius 2 is 1.58 bits per heavy atom. The Bertz CT molecular complexity index is 1690. The molecule has 166 valence electrons. The highest BCUT2D eigenvalue weighted by atomic mass is 16.4. The Morgan fingerprint density at radius 3 is 2.33 bits per heavy atom. The molecule has 0 spiro atoms. The normalized spacial score (nSPS) is 11.5. The van der Waals surface area contributed by atoms with Crippen LogP contribution in [0.25, 0.3) is 32.7 Å². The summed E-state index contributed by atoms with van der Waals surface area (Å²) in [6.07, 6.45) is -0.119. The first kappa shape index (κ1) is 20.8. The van der Waals surface area contributed by atoms with E-state index in [0.717, 1.165) is 21.9 Å². The van der Waals surface area contributed by atoms with Gasteiger partial charge in [-0.3, -0.25) is 4.79 Å². The van der Waals surface area contributed by atoms with Gasteiger partial charge in [-0.05, 0) is 53.9 Å². The second-order valence-corrected chi connectivity index (χ2v) is 8.60. The Hall–Kier alpha value is -4.06. The van der Waals surface area contributed by atoms with Crippen LogP contribution in [0, 0.1) is 13.8 Å². The van der Waals surface area contributed by atoms with Crippen molar-refractivity contribution in [2.45, 2.75) is 20.3 Å². The Kier molecular flexibility index (Phi) is 4.74. The number of hydrogen-bond acceptors (Lipinski definition) is 6. The fourth-order valence-corrected chi connectivity index (χ4v) is 4.33. The Balaban J connectivity index is 1.83. The van der Waals surface area contributed by atoms with E-state index in [1.165, 1.54) is 0 Å². The van der Waals surface area contributed by atoms with Crippen LogP contribution in [0.15, 0.2) is 67.0 Å². The van der Waals surface area contributed by atoms with E-state index in [0.29, 0.717) is 27.8 Å². The van der Waals surface area contributed by atoms with Crippen molar-refractivity contribution in [3.05, 3.63) is 91.4 Å². The van der Waals surface area contributed by atoms with Gasteiger partial charge in [-0.1, -0.05) is 30.3 Å². The van der Waals surface area contributed by atoms with Gasteiger partial charge in [0.25, 0.3) is 0 Å². The number of fused-ring (bicyclic) bond motifs is 4. The summed E-state index contributed by atoms with van der Waals surface area (Å²) >= 11 is 0. The van der Waals surface area contributed by atoms with E-state index in [9.17, 15) is 14.7 Å². The molecule has 0 bridgehead atoms. The molecule has 2 heterocycles. The number of hydrogen-bond donors (Lipinski definition) is 1. The first-order valence-electron chi connectivity index (χ1n) is 10.7. The van der Waals surface area contributed by atoms with Gasteiger partial charge in [0.15, 0.2) is 5.43 Å². The maximum atomic E-state index is 13.9. The number of aryl methyl sites for hydroxylation is 2. The third kappa shape index (κ3) is 3.26. The minimum Gasteiger partial charge on any atom is -0.507 e. The molecule has 0 radical (unpaired) electrons. The first-order valence-corrected chi connectivity index (χ1v) is 10.7. The summed E-state index contributed by atoms with van der Waals surface area (Å²) in [4.78, 5) is 28.3. The number of rotatable bonds is 3. The third-order valence-electron chi connectivity index (χ3n) is 6.20. The lowest BCUT2D eigenvalue weighted by molar-refractivity contribution is 0.458. The standard InChI is InChI=1S/C27H23NO5/c1-14-11-16-9-10-22-23(18(16)12-15(14)2)25(30)19(26(32-22)28(3)4)13-20-24(29)17-7-5-6-8-21(17)33-27(20)31/h5-12,29H,13H2,1-4H3. The summed E-state index contributed by atoms with van der Waals surface area (Å²) < 4.78 is 11.6. The molecule has 0 fully saturated rings. The van der Waals surface area contributed by atoms with Crippen LogP contribution < -0.4 is 16.0 Å². The van der Waals surface area contributed by atoms with E-state index in [1.54, 1.807) is 49.3 Å². The lowest BCUT2D eigenvalue weighted by Crippen LogP contribution is -2.21. The summed E-state index contributed by atoms with van der Waals surface area (Å²) in [7, 11) is 3.54. The van der Waals surface area contributed by atoms with Crippen molar-refractivity contribution >= 4 is 38.6 Å². The number of para-hydroxylation sites is 1. The van der Waals surface area contributed by atoms with Crippen LogP contribution in [0.1, 0.15) is 22.3 Å². The lowest BCUT2D eigenvalue weighted by atomic mass is 9.97. The maximum Gasteiger partial charge on any atom is 0.343 e. The monoisotopic (exact) mass is 441 g/mol. The molecule has 6 nitrogen and oxygen atoms in total. The van der Waals surface area contributed by atoms with E-state index >= 15 is 0 Å². The van der Waals surface area contributed by atoms with Crippen LogP contribution in [0.5, 0.6) is 5.75 Å². The van der Waals surface area contributed by atoms with E-state index in [2.05, 4.69) is 0 Å². The number of aromatic hydroxyl groups is 1. The first-order chi connectivity index (χ1) is 15.8. The molecule has 0 amide bonds. The van der Waals surface area contributed by atoms with Crippen LogP contribution in [-0.2, 0) is 6.42 Å². The van der Waals surface area contributed by atoms with Gasteiger partial charge >= 0.3 is 5.63 Å². The number of benzene rings is 3. The van der Waals surface area contributed by atoms with Gasteiger partial charge in [0.05, 0.1) is 21.9 Å². The third-order valence-corrected chi connectivity index (χ3v) is 6.20. The molecule has 2 aromatic heterocycles. The van der Waals surface area contributed by atoms with Crippen molar-refractivity contribution in [2.75, 3.05) is 19.0 Å². The Labute approximate surface area is 189 Å². The summed E-state index contributed by atoms with van der Waals surface area (Å²) in [5, 5.41) is 13.5. The predicted octanol–water partition coefficient (Wildman–Crippen LogP) is 5.03. The summed E-state index contributed by atoms with van der Waals surface area (Å²) in [5.41, 5.74) is 2.36. The van der Waals surface area contributed by atoms with Crippen molar-refractivity contribution in [1.29, 1.82) is 0 Å². The van der Waals surface area contributed by atoms with Crippen LogP contribution in [-0.4, -0.2) is 19.2 Å². The molecule has 0 unspecified atom stereocenters. The highest BCUT2D eigenvalue weighted by molar-refractivity contribution is 6.06. The lowest BCUT2D eigenvalue weighted by Gasteiger charge is -2.17. The zero-order valence-electron chi connectivity index (χ0n) is 18.9. The van der Waals surface area contributed by atoms with E-state index in [-0.39, 0.29) is 28.7 Å². The van der Waals surface area contributed by atoms with E-state index < -0.39 is 5.63 Å². The topological polar surface area (TPSA) is 83.9 Å². The SMILES string of the molecule is Cc1cc2ccc3oc(N(C)C)c(Cc4c(O)c5ccccc5oc4=O)c(=O)c3c2cc1C. The molecule has 0 saturated heterocycles. The fraction of sp³-hybridized carbons (Fsp3) is 0.185. The van der Waals surface area contributed by atoms with Crippen molar-refractivity contribution < 1.29 is 13.9 Å². The molecule has 3 aromatic carbocycles. The average Bonchev–Trinajstić information content (AvgIpc) is 2.78. The van der Waals surface area contributed by atoms with Crippen LogP contribution in [0.2, 0.25) is 0 Å². The molecular formula is C27H23NO5. The zero-order chi connectivity index (χ0) is 23.4. The molecule has 5 rings (SSSR count). The molecule has 1 N–H and O–H groups in total. The van der Waals surface area contributed by atoms with Gasteiger partial charge in [0.2, 0.25) is 5.88 Å². The van der Waals surface area contributed by atoms with Gasteiger partial charge < -0.3 is 18.8 Å². The predicted molar refractivity (Wildman–Crippen MR) is 131 cm³/mol. The quantitative estimate of drug-likeness (QED) is 0.312. The minimum absolute atomic E-state index is 0.0238. The van der Waals surface area contributed by atoms with Crippen LogP contribution in [0.3, 0.4) is 0 Å². The summed E-state index contributed by atoms with van der Waals surface area (Å²) in [6, 6.07) is 14.5. The zero-order valence-corrected chi connectivity index (χ0v) is 18.9. The molecule has 33 heavy (non-hydrogen) atoms. The fourth-order valence-electron chi connectivity index (χ4n) is 4.33. The van der Waals surface area contributed by atoms with Crippen molar-refractivity contribution in [1.82, 2.24) is 0 Å². The smallest absolute Gasteiger partial charge is 0.343 e. The molecule has 6 heteroatoms. The van der Waals surface area contributed by atoms with Crippen molar-refractivity contribution in [3.8, 4) is 5.75 Å². The van der Waals surface area contributed by atoms with Crippen LogP contribution in [0.4, 0.5) is 5.88 Å². The molecule has 0 aliphatic carbocycles. The largest absolute Gasteiger partial charge is 0.507 e. The molecule has 0 aliphatic rings. The maximum absolute atomic E-state index is 13.9. The van der Waals surface area contributed by atoms with Crippen LogP contribution >= 0.6 is 0 Å². The van der Waals surface area contributed by atoms with Crippen molar-refractivity contribution in [3.63, 3.8) is 0 Å². The molecule has 0 saturated carbocycles. The number of anilines is 1. The highest BCUT2D eigenvalue weighted by Crippen LogP contribution is 2.32. The molecule has 5 aromatic rings. The molecule has 0 atom stereocenters. The number of nitrogens with zero attached hydrogens (tertiary/aromatic N) is 1. The van der Waals surface area contributed by atoms with Gasteiger partial charge in [-0.2, -0.15) is 0 Å². The molecule has 0 aliphatic heterocycles. The minimum atomic E-state index is -0.681. The van der Waals surface area contributed by atoms with E-state index in [4.69, 9.17) is 8.83 Å². The van der Waals surface area contributed by atoms with Gasteiger partial charge in [-0.25, -0.2) is 4.79 Å². The summed E-state index contributed by atoms with van der Waals surface area (Å²) in [5.74, 6) is 0.151. The van der Waals surface area contributed by atoms with E-state index in [1.807, 2.05) is 32.0 Å². The van der Waals surface area contributed by atoms with Gasteiger partial charge in [0.1, 0.15) is 16.9 Å². The summed E-state index contributed by atoms with van der Waals surface area (Å²) in [6.45, 7) is 4.03. The Morgan fingerprint density at radius 1 is 0.848 bits per heavy atom. The average molecular weight is 441 g/mol. The second kappa shape index (κ2) is 7.52. The molecular weight excluding hydrogens is 418 g/mol. The highest BCUT2D eigenvalue weighted by Gasteiger charge is 2.23.